The molecule has 0 amide bonds. The van der Waals surface area contributed by atoms with Crippen LogP contribution in [0.5, 0.6) is 5.75 Å². The van der Waals surface area contributed by atoms with E-state index in [1.807, 2.05) is 32.0 Å². The van der Waals surface area contributed by atoms with E-state index in [9.17, 15) is 0 Å². The number of nitrogens with one attached hydrogen (secondary N) is 1. The zero-order chi connectivity index (χ0) is 14.3. The van der Waals surface area contributed by atoms with Gasteiger partial charge >= 0.3 is 0 Å². The van der Waals surface area contributed by atoms with Gasteiger partial charge in [0.1, 0.15) is 5.75 Å². The van der Waals surface area contributed by atoms with E-state index in [2.05, 4.69) is 24.3 Å². The van der Waals surface area contributed by atoms with Crippen molar-refractivity contribution in [2.45, 2.75) is 32.8 Å². The first-order valence-corrected chi connectivity index (χ1v) is 6.94. The highest BCUT2D eigenvalue weighted by molar-refractivity contribution is 5.61. The Morgan fingerprint density at radius 2 is 2.00 bits per heavy atom. The van der Waals surface area contributed by atoms with E-state index >= 15 is 0 Å². The lowest BCUT2D eigenvalue weighted by atomic mass is 10.2. The maximum Gasteiger partial charge on any atom is 0.144 e. The summed E-state index contributed by atoms with van der Waals surface area (Å²) in [5.74, 6) is 0.758. The number of nitrogen functional groups attached to an aromatic ring is 1. The number of ether oxygens (including phenoxy) is 1. The first kappa shape index (κ1) is 15.6. The van der Waals surface area contributed by atoms with E-state index in [4.69, 9.17) is 10.5 Å². The van der Waals surface area contributed by atoms with Crippen molar-refractivity contribution >= 4 is 11.4 Å². The van der Waals surface area contributed by atoms with Crippen LogP contribution in [0.1, 0.15) is 26.7 Å². The first-order chi connectivity index (χ1) is 8.99. The largest absolute Gasteiger partial charge is 0.489 e. The van der Waals surface area contributed by atoms with E-state index in [-0.39, 0.29) is 6.10 Å². The van der Waals surface area contributed by atoms with Gasteiger partial charge in [-0.05, 0) is 59.5 Å². The average molecular weight is 265 g/mol. The zero-order valence-electron chi connectivity index (χ0n) is 12.6. The molecule has 0 atom stereocenters. The van der Waals surface area contributed by atoms with Gasteiger partial charge in [-0.1, -0.05) is 0 Å². The number of benzene rings is 1. The highest BCUT2D eigenvalue weighted by Crippen LogP contribution is 2.26. The lowest BCUT2D eigenvalue weighted by molar-refractivity contribution is 0.244. The molecular formula is C15H27N3O. The molecule has 0 bridgehead atoms. The topological polar surface area (TPSA) is 50.5 Å². The van der Waals surface area contributed by atoms with E-state index in [0.29, 0.717) is 5.69 Å². The normalized spacial score (nSPS) is 11.1. The second-order valence-electron chi connectivity index (χ2n) is 5.36. The van der Waals surface area contributed by atoms with Crippen LogP contribution < -0.4 is 15.8 Å². The Labute approximate surface area is 116 Å². The Balaban J connectivity index is 2.41. The van der Waals surface area contributed by atoms with Gasteiger partial charge in [-0.25, -0.2) is 0 Å². The summed E-state index contributed by atoms with van der Waals surface area (Å²) < 4.78 is 5.67. The van der Waals surface area contributed by atoms with E-state index in [1.54, 1.807) is 0 Å². The molecule has 0 aliphatic rings. The van der Waals surface area contributed by atoms with Crippen molar-refractivity contribution in [3.8, 4) is 5.75 Å². The summed E-state index contributed by atoms with van der Waals surface area (Å²) in [6.07, 6.45) is 2.49. The van der Waals surface area contributed by atoms with Crippen molar-refractivity contribution < 1.29 is 4.74 Å². The Morgan fingerprint density at radius 1 is 1.26 bits per heavy atom. The molecule has 4 nitrogen and oxygen atoms in total. The summed E-state index contributed by atoms with van der Waals surface area (Å²) in [5, 5.41) is 3.41. The van der Waals surface area contributed by atoms with Gasteiger partial charge in [0, 0.05) is 18.3 Å². The van der Waals surface area contributed by atoms with Crippen LogP contribution in [0.3, 0.4) is 0 Å². The molecule has 0 aliphatic carbocycles. The zero-order valence-corrected chi connectivity index (χ0v) is 12.6. The quantitative estimate of drug-likeness (QED) is 0.560. The molecule has 3 N–H and O–H groups in total. The first-order valence-electron chi connectivity index (χ1n) is 6.94. The summed E-state index contributed by atoms with van der Waals surface area (Å²) in [7, 11) is 4.20. The fourth-order valence-electron chi connectivity index (χ4n) is 1.79. The highest BCUT2D eigenvalue weighted by atomic mass is 16.5. The van der Waals surface area contributed by atoms with Crippen LogP contribution in [-0.4, -0.2) is 38.2 Å². The SMILES string of the molecule is CC(C)Oc1cc(NCCCCN(C)C)ccc1N. The number of nitrogens with two attached hydrogens (primary N) is 1. The highest BCUT2D eigenvalue weighted by Gasteiger charge is 2.04. The molecule has 1 aromatic carbocycles. The van der Waals surface area contributed by atoms with Crippen LogP contribution in [0.4, 0.5) is 11.4 Å². The third-order valence-corrected chi connectivity index (χ3v) is 2.74. The Kier molecular flexibility index (Phi) is 6.50. The standard InChI is InChI=1S/C15H27N3O/c1-12(2)19-15-11-13(7-8-14(15)16)17-9-5-6-10-18(3)4/h7-8,11-12,17H,5-6,9-10,16H2,1-4H3. The molecule has 0 saturated carbocycles. The number of anilines is 2. The smallest absolute Gasteiger partial charge is 0.144 e. The van der Waals surface area contributed by atoms with Crippen molar-refractivity contribution in [3.05, 3.63) is 18.2 Å². The second kappa shape index (κ2) is 7.89. The maximum absolute atomic E-state index is 5.89. The molecule has 0 spiro atoms. The molecule has 19 heavy (non-hydrogen) atoms. The fraction of sp³-hybridized carbons (Fsp3) is 0.600. The van der Waals surface area contributed by atoms with Gasteiger partial charge in [0.15, 0.2) is 0 Å². The van der Waals surface area contributed by atoms with Gasteiger partial charge in [-0.3, -0.25) is 0 Å². The number of hydrogen-bond acceptors (Lipinski definition) is 4. The van der Waals surface area contributed by atoms with Crippen molar-refractivity contribution in [1.82, 2.24) is 4.90 Å². The summed E-state index contributed by atoms with van der Waals surface area (Å²) in [6.45, 7) is 6.10. The number of hydrogen-bond donors (Lipinski definition) is 2. The van der Waals surface area contributed by atoms with Crippen LogP contribution in [0.2, 0.25) is 0 Å². The van der Waals surface area contributed by atoms with Crippen LogP contribution >= 0.6 is 0 Å². The van der Waals surface area contributed by atoms with Gasteiger partial charge in [0.05, 0.1) is 11.8 Å². The van der Waals surface area contributed by atoms with Crippen molar-refractivity contribution in [2.75, 3.05) is 38.2 Å². The van der Waals surface area contributed by atoms with Gasteiger partial charge in [-0.15, -0.1) is 0 Å². The minimum atomic E-state index is 0.137. The van der Waals surface area contributed by atoms with E-state index < -0.39 is 0 Å². The van der Waals surface area contributed by atoms with E-state index in [0.717, 1.165) is 30.9 Å². The molecule has 0 fully saturated rings. The fourth-order valence-corrected chi connectivity index (χ4v) is 1.79. The molecule has 0 aromatic heterocycles. The van der Waals surface area contributed by atoms with Crippen LogP contribution in [0.25, 0.3) is 0 Å². The molecule has 0 unspecified atom stereocenters. The number of unbranched alkanes of at least 4 members (excludes halogenated alkanes) is 1. The summed E-state index contributed by atoms with van der Waals surface area (Å²) in [5.41, 5.74) is 7.64. The second-order valence-corrected chi connectivity index (χ2v) is 5.36. The summed E-state index contributed by atoms with van der Waals surface area (Å²) in [4.78, 5) is 2.21. The van der Waals surface area contributed by atoms with Gasteiger partial charge < -0.3 is 20.7 Å². The van der Waals surface area contributed by atoms with Crippen molar-refractivity contribution in [2.24, 2.45) is 0 Å². The molecule has 0 heterocycles. The number of nitrogens with zero attached hydrogens (tertiary/aromatic N) is 1. The van der Waals surface area contributed by atoms with Crippen LogP contribution in [0.15, 0.2) is 18.2 Å². The lowest BCUT2D eigenvalue weighted by Gasteiger charge is -2.14. The molecule has 1 rings (SSSR count). The van der Waals surface area contributed by atoms with Crippen molar-refractivity contribution in [1.29, 1.82) is 0 Å². The van der Waals surface area contributed by atoms with Crippen LogP contribution in [0, 0.1) is 0 Å². The van der Waals surface area contributed by atoms with Gasteiger partial charge in [0.25, 0.3) is 0 Å². The molecule has 0 saturated heterocycles. The molecule has 4 heteroatoms. The van der Waals surface area contributed by atoms with Gasteiger partial charge in [-0.2, -0.15) is 0 Å². The Bertz CT molecular complexity index is 378. The Morgan fingerprint density at radius 3 is 2.63 bits per heavy atom. The molecular weight excluding hydrogens is 238 g/mol. The minimum absolute atomic E-state index is 0.137. The minimum Gasteiger partial charge on any atom is -0.489 e. The predicted molar refractivity (Wildman–Crippen MR) is 82.9 cm³/mol. The summed E-state index contributed by atoms with van der Waals surface area (Å²) in [6, 6.07) is 5.86. The molecule has 108 valence electrons. The molecule has 1 aromatic rings. The Hall–Kier alpha value is -1.42. The third kappa shape index (κ3) is 6.34. The summed E-state index contributed by atoms with van der Waals surface area (Å²) >= 11 is 0. The third-order valence-electron chi connectivity index (χ3n) is 2.74. The molecule has 0 aliphatic heterocycles. The maximum atomic E-state index is 5.89. The van der Waals surface area contributed by atoms with Crippen LogP contribution in [-0.2, 0) is 0 Å². The molecule has 0 radical (unpaired) electrons. The van der Waals surface area contributed by atoms with E-state index in [1.165, 1.54) is 6.42 Å². The number of rotatable bonds is 8. The van der Waals surface area contributed by atoms with Gasteiger partial charge in [0.2, 0.25) is 0 Å². The monoisotopic (exact) mass is 265 g/mol. The lowest BCUT2D eigenvalue weighted by Crippen LogP contribution is -2.14. The van der Waals surface area contributed by atoms with Crippen molar-refractivity contribution in [3.63, 3.8) is 0 Å². The average Bonchev–Trinajstić information content (AvgIpc) is 2.31. The predicted octanol–water partition coefficient (Wildman–Crippen LogP) is 2.81.